The molecule has 0 atom stereocenters. The van der Waals surface area contributed by atoms with Crippen LogP contribution in [0, 0.1) is 5.92 Å². The van der Waals surface area contributed by atoms with Crippen LogP contribution in [0.15, 0.2) is 0 Å². The maximum atomic E-state index is 12.3. The van der Waals surface area contributed by atoms with Crippen molar-refractivity contribution in [3.63, 3.8) is 0 Å². The minimum Gasteiger partial charge on any atom is -0.353 e. The molecule has 1 rings (SSSR count). The first-order valence-corrected chi connectivity index (χ1v) is 7.78. The average Bonchev–Trinajstić information content (AvgIpc) is 2.39. The summed E-state index contributed by atoms with van der Waals surface area (Å²) < 4.78 is 0. The molecule has 0 spiro atoms. The molecule has 1 fully saturated rings. The molecule has 1 aliphatic rings. The Morgan fingerprint density at radius 3 is 2.05 bits per heavy atom. The Labute approximate surface area is 122 Å². The lowest BCUT2D eigenvalue weighted by Crippen LogP contribution is -2.52. The Kier molecular flexibility index (Phi) is 6.99. The zero-order valence-electron chi connectivity index (χ0n) is 13.3. The van der Waals surface area contributed by atoms with Crippen molar-refractivity contribution in [2.24, 2.45) is 5.92 Å². The monoisotopic (exact) mass is 283 g/mol. The fourth-order valence-corrected chi connectivity index (χ4v) is 2.59. The van der Waals surface area contributed by atoms with Crippen molar-refractivity contribution in [2.45, 2.75) is 46.6 Å². The van der Waals surface area contributed by atoms with Gasteiger partial charge in [0.2, 0.25) is 11.8 Å². The van der Waals surface area contributed by atoms with Gasteiger partial charge in [-0.15, -0.1) is 0 Å². The average molecular weight is 283 g/mol. The number of amides is 2. The molecule has 0 bridgehead atoms. The smallest absolute Gasteiger partial charge is 0.234 e. The highest BCUT2D eigenvalue weighted by molar-refractivity contribution is 5.79. The van der Waals surface area contributed by atoms with Crippen LogP contribution in [0.2, 0.25) is 0 Å². The highest BCUT2D eigenvalue weighted by atomic mass is 16.2. The minimum atomic E-state index is 0.0692. The molecule has 0 aromatic heterocycles. The van der Waals surface area contributed by atoms with Crippen LogP contribution in [0.4, 0.5) is 0 Å². The molecule has 2 amide bonds. The summed E-state index contributed by atoms with van der Waals surface area (Å²) in [6.45, 7) is 11.6. The van der Waals surface area contributed by atoms with E-state index in [0.29, 0.717) is 6.54 Å². The maximum absolute atomic E-state index is 12.3. The fourth-order valence-electron chi connectivity index (χ4n) is 2.59. The zero-order chi connectivity index (χ0) is 15.1. The first-order chi connectivity index (χ1) is 9.47. The summed E-state index contributed by atoms with van der Waals surface area (Å²) in [6.07, 6.45) is 1.82. The van der Waals surface area contributed by atoms with E-state index >= 15 is 0 Å². The predicted molar refractivity (Wildman–Crippen MR) is 80.4 cm³/mol. The van der Waals surface area contributed by atoms with Gasteiger partial charge < -0.3 is 10.2 Å². The molecule has 1 aliphatic heterocycles. The van der Waals surface area contributed by atoms with E-state index in [9.17, 15) is 9.59 Å². The first kappa shape index (κ1) is 17.0. The van der Waals surface area contributed by atoms with Gasteiger partial charge in [0.25, 0.3) is 0 Å². The molecule has 0 saturated carbocycles. The van der Waals surface area contributed by atoms with Crippen molar-refractivity contribution in [2.75, 3.05) is 32.7 Å². The summed E-state index contributed by atoms with van der Waals surface area (Å²) >= 11 is 0. The molecule has 0 aromatic rings. The summed E-state index contributed by atoms with van der Waals surface area (Å²) in [5.74, 6) is 0.506. The lowest BCUT2D eigenvalue weighted by Gasteiger charge is -2.36. The first-order valence-electron chi connectivity index (χ1n) is 7.78. The van der Waals surface area contributed by atoms with E-state index in [-0.39, 0.29) is 23.8 Å². The molecule has 1 heterocycles. The maximum Gasteiger partial charge on any atom is 0.234 e. The molecule has 0 aromatic carbocycles. The largest absolute Gasteiger partial charge is 0.353 e. The second-order valence-corrected chi connectivity index (χ2v) is 5.84. The van der Waals surface area contributed by atoms with Gasteiger partial charge in [-0.3, -0.25) is 14.5 Å². The van der Waals surface area contributed by atoms with Gasteiger partial charge in [0.1, 0.15) is 0 Å². The molecule has 5 nitrogen and oxygen atoms in total. The molecule has 1 saturated heterocycles. The Balaban J connectivity index is 2.36. The van der Waals surface area contributed by atoms with Crippen molar-refractivity contribution in [3.05, 3.63) is 0 Å². The van der Waals surface area contributed by atoms with Crippen molar-refractivity contribution in [3.8, 4) is 0 Å². The molecule has 5 heteroatoms. The molecular formula is C15H29N3O2. The standard InChI is InChI=1S/C15H29N3O2/c1-5-13(6-2)15(20)18-9-7-17(8-10-18)11-14(19)16-12(3)4/h12-13H,5-11H2,1-4H3,(H,16,19). The number of hydrogen-bond acceptors (Lipinski definition) is 3. The van der Waals surface area contributed by atoms with Gasteiger partial charge in [-0.2, -0.15) is 0 Å². The molecule has 1 N–H and O–H groups in total. The van der Waals surface area contributed by atoms with Crippen molar-refractivity contribution in [1.29, 1.82) is 0 Å². The number of nitrogens with one attached hydrogen (secondary N) is 1. The van der Waals surface area contributed by atoms with Crippen LogP contribution in [0.5, 0.6) is 0 Å². The van der Waals surface area contributed by atoms with Gasteiger partial charge in [0, 0.05) is 38.1 Å². The molecule has 0 aliphatic carbocycles. The van der Waals surface area contributed by atoms with E-state index in [1.807, 2.05) is 18.7 Å². The van der Waals surface area contributed by atoms with Crippen molar-refractivity contribution < 1.29 is 9.59 Å². The molecule has 116 valence electrons. The normalized spacial score (nSPS) is 16.8. The van der Waals surface area contributed by atoms with Gasteiger partial charge in [-0.05, 0) is 26.7 Å². The number of hydrogen-bond donors (Lipinski definition) is 1. The van der Waals surface area contributed by atoms with E-state index in [2.05, 4.69) is 24.1 Å². The fraction of sp³-hybridized carbons (Fsp3) is 0.867. The zero-order valence-corrected chi connectivity index (χ0v) is 13.3. The Morgan fingerprint density at radius 1 is 1.05 bits per heavy atom. The second-order valence-electron chi connectivity index (χ2n) is 5.84. The van der Waals surface area contributed by atoms with E-state index in [0.717, 1.165) is 39.0 Å². The summed E-state index contributed by atoms with van der Waals surface area (Å²) in [5, 5.41) is 2.90. The highest BCUT2D eigenvalue weighted by Gasteiger charge is 2.26. The minimum absolute atomic E-state index is 0.0692. The number of piperazine rings is 1. The van der Waals surface area contributed by atoms with E-state index in [1.54, 1.807) is 0 Å². The van der Waals surface area contributed by atoms with Gasteiger partial charge >= 0.3 is 0 Å². The summed E-state index contributed by atoms with van der Waals surface area (Å²) in [5.41, 5.74) is 0. The van der Waals surface area contributed by atoms with Gasteiger partial charge in [-0.1, -0.05) is 13.8 Å². The second kappa shape index (κ2) is 8.25. The van der Waals surface area contributed by atoms with E-state index < -0.39 is 0 Å². The number of carbonyl (C=O) groups is 2. The van der Waals surface area contributed by atoms with Crippen LogP contribution in [-0.2, 0) is 9.59 Å². The molecule has 0 radical (unpaired) electrons. The quantitative estimate of drug-likeness (QED) is 0.794. The van der Waals surface area contributed by atoms with Crippen LogP contribution in [0.3, 0.4) is 0 Å². The highest BCUT2D eigenvalue weighted by Crippen LogP contribution is 2.13. The van der Waals surface area contributed by atoms with E-state index in [1.165, 1.54) is 0 Å². The van der Waals surface area contributed by atoms with Crippen molar-refractivity contribution >= 4 is 11.8 Å². The molecule has 20 heavy (non-hydrogen) atoms. The SMILES string of the molecule is CCC(CC)C(=O)N1CCN(CC(=O)NC(C)C)CC1. The lowest BCUT2D eigenvalue weighted by molar-refractivity contribution is -0.137. The summed E-state index contributed by atoms with van der Waals surface area (Å²) in [4.78, 5) is 28.0. The predicted octanol–water partition coefficient (Wildman–Crippen LogP) is 1.09. The van der Waals surface area contributed by atoms with Crippen LogP contribution in [-0.4, -0.2) is 60.4 Å². The van der Waals surface area contributed by atoms with E-state index in [4.69, 9.17) is 0 Å². The van der Waals surface area contributed by atoms with Crippen LogP contribution in [0.25, 0.3) is 0 Å². The number of rotatable bonds is 6. The van der Waals surface area contributed by atoms with Gasteiger partial charge in [-0.25, -0.2) is 0 Å². The summed E-state index contributed by atoms with van der Waals surface area (Å²) in [6, 6.07) is 0.181. The lowest BCUT2D eigenvalue weighted by atomic mass is 10.0. The topological polar surface area (TPSA) is 52.7 Å². The van der Waals surface area contributed by atoms with Gasteiger partial charge in [0.05, 0.1) is 6.54 Å². The van der Waals surface area contributed by atoms with Gasteiger partial charge in [0.15, 0.2) is 0 Å². The Morgan fingerprint density at radius 2 is 1.60 bits per heavy atom. The number of nitrogens with zero attached hydrogens (tertiary/aromatic N) is 2. The van der Waals surface area contributed by atoms with Crippen molar-refractivity contribution in [1.82, 2.24) is 15.1 Å². The third-order valence-corrected chi connectivity index (χ3v) is 3.84. The van der Waals surface area contributed by atoms with Crippen LogP contribution >= 0.6 is 0 Å². The van der Waals surface area contributed by atoms with Crippen LogP contribution in [0.1, 0.15) is 40.5 Å². The molecular weight excluding hydrogens is 254 g/mol. The summed E-state index contributed by atoms with van der Waals surface area (Å²) in [7, 11) is 0. The number of carbonyl (C=O) groups excluding carboxylic acids is 2. The third kappa shape index (κ3) is 5.12. The molecule has 0 unspecified atom stereocenters. The Hall–Kier alpha value is -1.10. The Bertz CT molecular complexity index is 319. The van der Waals surface area contributed by atoms with Crippen LogP contribution < -0.4 is 5.32 Å². The third-order valence-electron chi connectivity index (χ3n) is 3.84.